The van der Waals surface area contributed by atoms with Crippen LogP contribution in [0, 0.1) is 0 Å². The third kappa shape index (κ3) is 3.34. The number of amides is 1. The minimum Gasteiger partial charge on any atom is -0.311 e. The van der Waals surface area contributed by atoms with Crippen molar-refractivity contribution in [1.29, 1.82) is 0 Å². The Labute approximate surface area is 168 Å². The number of nitrogens with one attached hydrogen (secondary N) is 2. The van der Waals surface area contributed by atoms with Gasteiger partial charge in [-0.1, -0.05) is 43.2 Å². The van der Waals surface area contributed by atoms with E-state index in [4.69, 9.17) is 0 Å². The van der Waals surface area contributed by atoms with Gasteiger partial charge in [-0.3, -0.25) is 9.59 Å². The van der Waals surface area contributed by atoms with E-state index < -0.39 is 0 Å². The van der Waals surface area contributed by atoms with E-state index in [2.05, 4.69) is 15.5 Å². The van der Waals surface area contributed by atoms with E-state index >= 15 is 0 Å². The number of carbonyl (C=O) groups is 1. The Morgan fingerprint density at radius 1 is 0.931 bits per heavy atom. The van der Waals surface area contributed by atoms with Crippen molar-refractivity contribution in [1.82, 2.24) is 15.5 Å². The van der Waals surface area contributed by atoms with Gasteiger partial charge in [0.15, 0.2) is 0 Å². The van der Waals surface area contributed by atoms with Crippen LogP contribution in [-0.4, -0.2) is 34.7 Å². The molecule has 2 aliphatic rings. The summed E-state index contributed by atoms with van der Waals surface area (Å²) in [5, 5.41) is 11.8. The number of fused-ring (bicyclic) bond motifs is 1. The minimum atomic E-state index is -0.190. The van der Waals surface area contributed by atoms with Gasteiger partial charge in [0.2, 0.25) is 5.91 Å². The maximum Gasteiger partial charge on any atom is 0.272 e. The van der Waals surface area contributed by atoms with Crippen molar-refractivity contribution in [3.05, 3.63) is 58.9 Å². The molecule has 1 aliphatic carbocycles. The molecule has 3 aromatic rings. The van der Waals surface area contributed by atoms with Crippen LogP contribution in [0.3, 0.4) is 0 Å². The summed E-state index contributed by atoms with van der Waals surface area (Å²) in [5.41, 5.74) is 2.36. The lowest BCUT2D eigenvalue weighted by Crippen LogP contribution is -2.42. The Morgan fingerprint density at radius 3 is 2.41 bits per heavy atom. The van der Waals surface area contributed by atoms with Crippen LogP contribution in [0.2, 0.25) is 0 Å². The zero-order valence-corrected chi connectivity index (χ0v) is 16.2. The van der Waals surface area contributed by atoms with E-state index in [1.165, 1.54) is 25.7 Å². The summed E-state index contributed by atoms with van der Waals surface area (Å²) < 4.78 is 0. The Kier molecular flexibility index (Phi) is 4.64. The van der Waals surface area contributed by atoms with Gasteiger partial charge in [-0.05, 0) is 37.5 Å². The van der Waals surface area contributed by atoms with Gasteiger partial charge in [0.1, 0.15) is 0 Å². The van der Waals surface area contributed by atoms with Gasteiger partial charge in [-0.2, -0.15) is 5.10 Å². The fraction of sp³-hybridized carbons (Fsp3) is 0.348. The summed E-state index contributed by atoms with van der Waals surface area (Å²) in [4.78, 5) is 26.8. The van der Waals surface area contributed by atoms with Gasteiger partial charge in [0.05, 0.1) is 17.1 Å². The maximum absolute atomic E-state index is 12.9. The predicted octanol–water partition coefficient (Wildman–Crippen LogP) is 3.23. The molecule has 2 N–H and O–H groups in total. The van der Waals surface area contributed by atoms with Gasteiger partial charge >= 0.3 is 0 Å². The summed E-state index contributed by atoms with van der Waals surface area (Å²) >= 11 is 0. The summed E-state index contributed by atoms with van der Waals surface area (Å²) in [7, 11) is 0. The van der Waals surface area contributed by atoms with Crippen molar-refractivity contribution in [3.63, 3.8) is 0 Å². The lowest BCUT2D eigenvalue weighted by molar-refractivity contribution is -0.119. The Balaban J connectivity index is 1.38. The average Bonchev–Trinajstić information content (AvgIpc) is 3.40. The molecule has 1 saturated carbocycles. The Morgan fingerprint density at radius 2 is 1.66 bits per heavy atom. The number of hydrogen-bond acceptors (Lipinski definition) is 4. The van der Waals surface area contributed by atoms with Gasteiger partial charge < -0.3 is 10.2 Å². The molecule has 2 heterocycles. The van der Waals surface area contributed by atoms with Crippen molar-refractivity contribution in [2.75, 3.05) is 11.4 Å². The normalized spacial score (nSPS) is 20.1. The van der Waals surface area contributed by atoms with Gasteiger partial charge in [-0.15, -0.1) is 0 Å². The maximum atomic E-state index is 12.9. The van der Waals surface area contributed by atoms with Crippen molar-refractivity contribution in [2.45, 2.75) is 44.2 Å². The highest BCUT2D eigenvalue weighted by molar-refractivity contribution is 6.00. The molecule has 6 heteroatoms. The standard InChI is InChI=1S/C23H24N4O2/c28-22-19-8-4-3-7-18(19)21(25-26-22)15-9-11-17(12-10-15)27-14-13-20(23(27)29)24-16-5-1-2-6-16/h3-4,7-12,16,20,24H,1-2,5-6,13-14H2,(H,26,28). The van der Waals surface area contributed by atoms with Gasteiger partial charge in [-0.25, -0.2) is 5.10 Å². The van der Waals surface area contributed by atoms with Crippen LogP contribution in [0.1, 0.15) is 32.1 Å². The molecular weight excluding hydrogens is 364 g/mol. The molecule has 148 valence electrons. The van der Waals surface area contributed by atoms with Crippen LogP contribution in [-0.2, 0) is 4.79 Å². The number of benzene rings is 2. The highest BCUT2D eigenvalue weighted by atomic mass is 16.2. The van der Waals surface area contributed by atoms with E-state index in [0.29, 0.717) is 11.4 Å². The molecular formula is C23H24N4O2. The molecule has 0 bridgehead atoms. The van der Waals surface area contributed by atoms with Crippen LogP contribution in [0.5, 0.6) is 0 Å². The monoisotopic (exact) mass is 388 g/mol. The number of aromatic amines is 1. The van der Waals surface area contributed by atoms with Crippen LogP contribution < -0.4 is 15.8 Å². The SMILES string of the molecule is O=C1C(NC2CCCC2)CCN1c1ccc(-c2n[nH]c(=O)c3ccccc23)cc1. The van der Waals surface area contributed by atoms with Crippen molar-refractivity contribution in [2.24, 2.45) is 0 Å². The highest BCUT2D eigenvalue weighted by Crippen LogP contribution is 2.29. The number of nitrogens with zero attached hydrogens (tertiary/aromatic N) is 2. The fourth-order valence-corrected chi connectivity index (χ4v) is 4.60. The molecule has 2 fully saturated rings. The van der Waals surface area contributed by atoms with Gasteiger partial charge in [0.25, 0.3) is 5.56 Å². The molecule has 1 amide bonds. The number of carbonyl (C=O) groups excluding carboxylic acids is 1. The lowest BCUT2D eigenvalue weighted by atomic mass is 10.0. The molecule has 29 heavy (non-hydrogen) atoms. The molecule has 1 unspecified atom stereocenters. The first kappa shape index (κ1) is 18.1. The zero-order chi connectivity index (χ0) is 19.8. The first-order valence-corrected chi connectivity index (χ1v) is 10.4. The zero-order valence-electron chi connectivity index (χ0n) is 16.2. The molecule has 5 rings (SSSR count). The second kappa shape index (κ2) is 7.44. The fourth-order valence-electron chi connectivity index (χ4n) is 4.60. The van der Waals surface area contributed by atoms with Crippen molar-refractivity contribution in [3.8, 4) is 11.3 Å². The number of aromatic nitrogens is 2. The van der Waals surface area contributed by atoms with Crippen molar-refractivity contribution >= 4 is 22.4 Å². The molecule has 6 nitrogen and oxygen atoms in total. The lowest BCUT2D eigenvalue weighted by Gasteiger charge is -2.20. The predicted molar refractivity (Wildman–Crippen MR) is 114 cm³/mol. The third-order valence-electron chi connectivity index (χ3n) is 6.15. The number of rotatable bonds is 4. The molecule has 1 atom stereocenters. The Bertz CT molecular complexity index is 1100. The Hall–Kier alpha value is -2.99. The van der Waals surface area contributed by atoms with E-state index in [9.17, 15) is 9.59 Å². The topological polar surface area (TPSA) is 78.1 Å². The first-order chi connectivity index (χ1) is 14.2. The number of H-pyrrole nitrogens is 1. The van der Waals surface area contributed by atoms with E-state index in [0.717, 1.165) is 35.3 Å². The largest absolute Gasteiger partial charge is 0.311 e. The highest BCUT2D eigenvalue weighted by Gasteiger charge is 2.34. The van der Waals surface area contributed by atoms with E-state index in [1.54, 1.807) is 6.07 Å². The quantitative estimate of drug-likeness (QED) is 0.719. The molecule has 1 saturated heterocycles. The third-order valence-corrected chi connectivity index (χ3v) is 6.15. The smallest absolute Gasteiger partial charge is 0.272 e. The molecule has 0 radical (unpaired) electrons. The first-order valence-electron chi connectivity index (χ1n) is 10.4. The van der Waals surface area contributed by atoms with E-state index in [-0.39, 0.29) is 17.5 Å². The van der Waals surface area contributed by atoms with Crippen molar-refractivity contribution < 1.29 is 4.79 Å². The number of anilines is 1. The second-order valence-corrected chi connectivity index (χ2v) is 7.97. The number of hydrogen-bond donors (Lipinski definition) is 2. The minimum absolute atomic E-state index is 0.0671. The second-order valence-electron chi connectivity index (χ2n) is 7.97. The van der Waals surface area contributed by atoms with Crippen LogP contribution >= 0.6 is 0 Å². The van der Waals surface area contributed by atoms with E-state index in [1.807, 2.05) is 47.4 Å². The molecule has 1 aromatic heterocycles. The summed E-state index contributed by atoms with van der Waals surface area (Å²) in [6.07, 6.45) is 5.73. The van der Waals surface area contributed by atoms with Crippen LogP contribution in [0.25, 0.3) is 22.0 Å². The molecule has 1 aliphatic heterocycles. The van der Waals surface area contributed by atoms with Gasteiger partial charge in [0, 0.05) is 29.2 Å². The summed E-state index contributed by atoms with van der Waals surface area (Å²) in [6, 6.07) is 15.7. The molecule has 2 aromatic carbocycles. The van der Waals surface area contributed by atoms with Crippen LogP contribution in [0.4, 0.5) is 5.69 Å². The van der Waals surface area contributed by atoms with Crippen LogP contribution in [0.15, 0.2) is 53.3 Å². The average molecular weight is 388 g/mol. The summed E-state index contributed by atoms with van der Waals surface area (Å²) in [6.45, 7) is 0.738. The summed E-state index contributed by atoms with van der Waals surface area (Å²) in [5.74, 6) is 0.164. The molecule has 0 spiro atoms.